The van der Waals surface area contributed by atoms with Crippen molar-refractivity contribution in [3.8, 4) is 0 Å². The van der Waals surface area contributed by atoms with Crippen LogP contribution in [-0.2, 0) is 33.1 Å². The Morgan fingerprint density at radius 2 is 1.39 bits per heavy atom. The number of nitrogens with one attached hydrogen (secondary N) is 1. The van der Waals surface area contributed by atoms with E-state index in [2.05, 4.69) is 4.74 Å². The minimum absolute atomic E-state index is 0.0600. The average molecular weight is 405 g/mol. The Balaban J connectivity index is 2.03. The first-order chi connectivity index (χ1) is 12.9. The fourth-order valence-corrected chi connectivity index (χ4v) is 2.18. The van der Waals surface area contributed by atoms with Crippen molar-refractivity contribution < 1.29 is 40.7 Å². The highest BCUT2D eigenvalue weighted by Crippen LogP contribution is 2.37. The number of esters is 1. The van der Waals surface area contributed by atoms with Crippen molar-refractivity contribution in [3.63, 3.8) is 0 Å². The average Bonchev–Trinajstić information content (AvgIpc) is 2.59. The summed E-state index contributed by atoms with van der Waals surface area (Å²) in [7, 11) is 0. The van der Waals surface area contributed by atoms with Gasteiger partial charge < -0.3 is 10.1 Å². The molecule has 0 heterocycles. The Bertz CT molecular complexity index is 814. The second-order valence-corrected chi connectivity index (χ2v) is 5.67. The molecule has 2 aromatic rings. The summed E-state index contributed by atoms with van der Waals surface area (Å²) < 4.78 is 81.4. The maximum Gasteiger partial charge on any atom is 0.416 e. The summed E-state index contributed by atoms with van der Waals surface area (Å²) >= 11 is 0. The monoisotopic (exact) mass is 405 g/mol. The Labute approximate surface area is 155 Å². The van der Waals surface area contributed by atoms with Crippen LogP contribution in [0, 0.1) is 0 Å². The van der Waals surface area contributed by atoms with Crippen LogP contribution >= 0.6 is 0 Å². The zero-order valence-electron chi connectivity index (χ0n) is 14.0. The number of carbonyl (C=O) groups excluding carboxylic acids is 2. The lowest BCUT2D eigenvalue weighted by molar-refractivity contribution is -0.146. The molecule has 150 valence electrons. The number of alkyl halides is 6. The first kappa shape index (κ1) is 21.3. The molecule has 0 fully saturated rings. The number of halogens is 6. The molecule has 0 saturated carbocycles. The summed E-state index contributed by atoms with van der Waals surface area (Å²) in [5.41, 5.74) is -3.25. The van der Waals surface area contributed by atoms with Crippen LogP contribution in [0.4, 0.5) is 32.0 Å². The van der Waals surface area contributed by atoms with Crippen LogP contribution < -0.4 is 5.32 Å². The third kappa shape index (κ3) is 6.29. The molecule has 0 spiro atoms. The van der Waals surface area contributed by atoms with Gasteiger partial charge in [-0.3, -0.25) is 9.59 Å². The zero-order valence-corrected chi connectivity index (χ0v) is 14.0. The summed E-state index contributed by atoms with van der Waals surface area (Å²) in [4.78, 5) is 23.4. The van der Waals surface area contributed by atoms with Crippen molar-refractivity contribution >= 4 is 17.6 Å². The van der Waals surface area contributed by atoms with Gasteiger partial charge in [0, 0.05) is 5.69 Å². The van der Waals surface area contributed by atoms with Crippen molar-refractivity contribution in [2.45, 2.75) is 18.8 Å². The fraction of sp³-hybridized carbons (Fsp3) is 0.222. The van der Waals surface area contributed by atoms with Gasteiger partial charge in [-0.25, -0.2) is 0 Å². The number of amides is 1. The molecular formula is C18H13F6NO3. The van der Waals surface area contributed by atoms with Gasteiger partial charge in [0.25, 0.3) is 5.91 Å². The van der Waals surface area contributed by atoms with Gasteiger partial charge in [-0.15, -0.1) is 0 Å². The van der Waals surface area contributed by atoms with Crippen LogP contribution in [0.1, 0.15) is 16.7 Å². The number of rotatable bonds is 5. The summed E-state index contributed by atoms with van der Waals surface area (Å²) in [6, 6.07) is 9.04. The zero-order chi connectivity index (χ0) is 20.9. The van der Waals surface area contributed by atoms with Gasteiger partial charge in [0.05, 0.1) is 17.5 Å². The van der Waals surface area contributed by atoms with E-state index in [1.807, 2.05) is 5.32 Å². The highest BCUT2D eigenvalue weighted by atomic mass is 19.4. The smallest absolute Gasteiger partial charge is 0.416 e. The molecule has 0 aliphatic rings. The molecule has 0 aliphatic carbocycles. The number of carbonyl (C=O) groups is 2. The quantitative estimate of drug-likeness (QED) is 0.591. The van der Waals surface area contributed by atoms with Crippen molar-refractivity contribution in [1.82, 2.24) is 0 Å². The number of anilines is 1. The third-order valence-corrected chi connectivity index (χ3v) is 3.43. The normalized spacial score (nSPS) is 11.8. The summed E-state index contributed by atoms with van der Waals surface area (Å²) in [6.45, 7) is -0.858. The van der Waals surface area contributed by atoms with Gasteiger partial charge in [0.2, 0.25) is 0 Å². The van der Waals surface area contributed by atoms with Crippen molar-refractivity contribution in [1.29, 1.82) is 0 Å². The molecule has 0 atom stereocenters. The van der Waals surface area contributed by atoms with Crippen molar-refractivity contribution in [2.75, 3.05) is 11.9 Å². The Kier molecular flexibility index (Phi) is 6.32. The molecule has 0 radical (unpaired) electrons. The highest BCUT2D eigenvalue weighted by Gasteiger charge is 2.37. The van der Waals surface area contributed by atoms with E-state index in [0.29, 0.717) is 17.7 Å². The number of hydrogen-bond acceptors (Lipinski definition) is 3. The van der Waals surface area contributed by atoms with Crippen LogP contribution in [-0.4, -0.2) is 18.5 Å². The van der Waals surface area contributed by atoms with E-state index in [1.54, 1.807) is 30.3 Å². The summed E-state index contributed by atoms with van der Waals surface area (Å²) in [5.74, 6) is -1.85. The molecule has 0 bridgehead atoms. The van der Waals surface area contributed by atoms with Crippen LogP contribution in [0.3, 0.4) is 0 Å². The van der Waals surface area contributed by atoms with E-state index >= 15 is 0 Å². The number of hydrogen-bond donors (Lipinski definition) is 1. The van der Waals surface area contributed by atoms with Gasteiger partial charge >= 0.3 is 18.3 Å². The molecule has 0 saturated heterocycles. The molecule has 1 N–H and O–H groups in total. The minimum Gasteiger partial charge on any atom is -0.455 e. The molecule has 2 rings (SSSR count). The van der Waals surface area contributed by atoms with Gasteiger partial charge in [0.1, 0.15) is 0 Å². The Hall–Kier alpha value is -3.04. The third-order valence-electron chi connectivity index (χ3n) is 3.43. The van der Waals surface area contributed by atoms with Crippen molar-refractivity contribution in [2.24, 2.45) is 0 Å². The molecule has 0 aromatic heterocycles. The van der Waals surface area contributed by atoms with E-state index in [-0.39, 0.29) is 12.5 Å². The molecule has 0 aliphatic heterocycles. The summed E-state index contributed by atoms with van der Waals surface area (Å²) in [6.07, 6.45) is -10.2. The minimum atomic E-state index is -5.04. The van der Waals surface area contributed by atoms with E-state index in [0.717, 1.165) is 0 Å². The van der Waals surface area contributed by atoms with Gasteiger partial charge in [0.15, 0.2) is 6.61 Å². The molecule has 4 nitrogen and oxygen atoms in total. The second kappa shape index (κ2) is 8.32. The Morgan fingerprint density at radius 1 is 0.857 bits per heavy atom. The van der Waals surface area contributed by atoms with Gasteiger partial charge in [-0.2, -0.15) is 26.3 Å². The fourth-order valence-electron chi connectivity index (χ4n) is 2.18. The van der Waals surface area contributed by atoms with Gasteiger partial charge in [-0.1, -0.05) is 30.3 Å². The first-order valence-corrected chi connectivity index (χ1v) is 7.74. The maximum absolute atomic E-state index is 12.8. The number of ether oxygens (including phenoxy) is 1. The molecule has 10 heteroatoms. The van der Waals surface area contributed by atoms with E-state index < -0.39 is 47.7 Å². The van der Waals surface area contributed by atoms with Gasteiger partial charge in [-0.05, 0) is 23.8 Å². The second-order valence-electron chi connectivity index (χ2n) is 5.67. The van der Waals surface area contributed by atoms with Crippen LogP contribution in [0.5, 0.6) is 0 Å². The molecule has 2 aromatic carbocycles. The van der Waals surface area contributed by atoms with E-state index in [1.165, 1.54) is 0 Å². The number of benzene rings is 2. The summed E-state index contributed by atoms with van der Waals surface area (Å²) in [5, 5.41) is 1.87. The molecule has 28 heavy (non-hydrogen) atoms. The Morgan fingerprint density at radius 3 is 1.89 bits per heavy atom. The molecule has 0 unspecified atom stereocenters. The van der Waals surface area contributed by atoms with Crippen LogP contribution in [0.15, 0.2) is 48.5 Å². The lowest BCUT2D eigenvalue weighted by Gasteiger charge is -2.14. The van der Waals surface area contributed by atoms with Crippen LogP contribution in [0.25, 0.3) is 0 Å². The molecular weight excluding hydrogens is 392 g/mol. The maximum atomic E-state index is 12.8. The standard InChI is InChI=1S/C18H13F6NO3/c19-17(20,21)12-7-13(18(22,23)24)9-14(8-12)25-15(26)10-28-16(27)6-11-4-2-1-3-5-11/h1-5,7-9H,6,10H2,(H,25,26). The lowest BCUT2D eigenvalue weighted by atomic mass is 10.1. The van der Waals surface area contributed by atoms with Crippen molar-refractivity contribution in [3.05, 3.63) is 65.2 Å². The highest BCUT2D eigenvalue weighted by molar-refractivity contribution is 5.93. The SMILES string of the molecule is O=C(COC(=O)Cc1ccccc1)Nc1cc(C(F)(F)F)cc(C(F)(F)F)c1. The largest absolute Gasteiger partial charge is 0.455 e. The van der Waals surface area contributed by atoms with Crippen LogP contribution in [0.2, 0.25) is 0 Å². The van der Waals surface area contributed by atoms with E-state index in [9.17, 15) is 35.9 Å². The topological polar surface area (TPSA) is 55.4 Å². The lowest BCUT2D eigenvalue weighted by Crippen LogP contribution is -2.22. The predicted molar refractivity (Wildman–Crippen MR) is 86.2 cm³/mol. The first-order valence-electron chi connectivity index (χ1n) is 7.74. The molecule has 1 amide bonds. The van der Waals surface area contributed by atoms with E-state index in [4.69, 9.17) is 0 Å². The predicted octanol–water partition coefficient (Wildman–Crippen LogP) is 4.45.